The van der Waals surface area contributed by atoms with Gasteiger partial charge in [-0.2, -0.15) is 5.10 Å². The van der Waals surface area contributed by atoms with Crippen LogP contribution in [0, 0.1) is 12.3 Å². The van der Waals surface area contributed by atoms with Gasteiger partial charge in [0.25, 0.3) is 0 Å². The molecule has 3 nitrogen and oxygen atoms in total. The Balaban J connectivity index is 2.22. The Hall–Kier alpha value is -0.350. The van der Waals surface area contributed by atoms with E-state index < -0.39 is 0 Å². The van der Waals surface area contributed by atoms with Gasteiger partial charge in [-0.1, -0.05) is 26.2 Å². The predicted octanol–water partition coefficient (Wildman–Crippen LogP) is 4.08. The highest BCUT2D eigenvalue weighted by molar-refractivity contribution is 9.10. The second kappa shape index (κ2) is 7.08. The van der Waals surface area contributed by atoms with Gasteiger partial charge in [-0.15, -0.1) is 0 Å². The van der Waals surface area contributed by atoms with Gasteiger partial charge in [-0.05, 0) is 61.0 Å². The number of aryl methyl sites for hydroxylation is 2. The fourth-order valence-electron chi connectivity index (χ4n) is 3.50. The molecule has 4 heteroatoms. The van der Waals surface area contributed by atoms with Crippen LogP contribution in [0.2, 0.25) is 0 Å². The fraction of sp³-hybridized carbons (Fsp3) is 0.812. The number of hydrogen-bond acceptors (Lipinski definition) is 2. The average molecular weight is 342 g/mol. The molecule has 1 aliphatic rings. The number of rotatable bonds is 6. The molecule has 2 rings (SSSR count). The van der Waals surface area contributed by atoms with E-state index in [1.165, 1.54) is 42.3 Å². The van der Waals surface area contributed by atoms with Crippen LogP contribution in [-0.4, -0.2) is 22.9 Å². The Kier molecular flexibility index (Phi) is 5.67. The van der Waals surface area contributed by atoms with Gasteiger partial charge in [0.15, 0.2) is 0 Å². The highest BCUT2D eigenvalue weighted by Gasteiger charge is 2.33. The number of nitrogens with one attached hydrogen (secondary N) is 1. The van der Waals surface area contributed by atoms with Crippen LogP contribution >= 0.6 is 15.9 Å². The van der Waals surface area contributed by atoms with Crippen LogP contribution in [0.3, 0.4) is 0 Å². The SMILES string of the molecule is CCNCC1(Cc2c(Br)c(C)nn2CC)CCCCC1. The summed E-state index contributed by atoms with van der Waals surface area (Å²) in [5, 5.41) is 8.25. The average Bonchev–Trinajstić information content (AvgIpc) is 2.74. The van der Waals surface area contributed by atoms with Gasteiger partial charge < -0.3 is 5.32 Å². The Labute approximate surface area is 131 Å². The molecule has 114 valence electrons. The van der Waals surface area contributed by atoms with Crippen LogP contribution in [-0.2, 0) is 13.0 Å². The lowest BCUT2D eigenvalue weighted by molar-refractivity contribution is 0.177. The first-order valence-corrected chi connectivity index (χ1v) is 8.83. The molecule has 0 spiro atoms. The number of halogens is 1. The molecule has 0 saturated heterocycles. The molecule has 1 aromatic rings. The third kappa shape index (κ3) is 3.45. The quantitative estimate of drug-likeness (QED) is 0.844. The minimum Gasteiger partial charge on any atom is -0.316 e. The van der Waals surface area contributed by atoms with E-state index in [4.69, 9.17) is 0 Å². The van der Waals surface area contributed by atoms with E-state index in [0.29, 0.717) is 5.41 Å². The summed E-state index contributed by atoms with van der Waals surface area (Å²) in [5.74, 6) is 0. The van der Waals surface area contributed by atoms with Gasteiger partial charge in [0.2, 0.25) is 0 Å². The zero-order valence-electron chi connectivity index (χ0n) is 13.1. The van der Waals surface area contributed by atoms with Crippen molar-refractivity contribution < 1.29 is 0 Å². The van der Waals surface area contributed by atoms with Crippen molar-refractivity contribution in [1.29, 1.82) is 0 Å². The zero-order chi connectivity index (χ0) is 14.6. The van der Waals surface area contributed by atoms with E-state index in [-0.39, 0.29) is 0 Å². The first kappa shape index (κ1) is 16.0. The smallest absolute Gasteiger partial charge is 0.0738 e. The van der Waals surface area contributed by atoms with Gasteiger partial charge in [0.1, 0.15) is 0 Å². The van der Waals surface area contributed by atoms with Crippen LogP contribution < -0.4 is 5.32 Å². The van der Waals surface area contributed by atoms with Gasteiger partial charge in [0.05, 0.1) is 15.9 Å². The Bertz CT molecular complexity index is 433. The predicted molar refractivity (Wildman–Crippen MR) is 88.1 cm³/mol. The molecular formula is C16H28BrN3. The Morgan fingerprint density at radius 1 is 1.25 bits per heavy atom. The molecule has 1 heterocycles. The Morgan fingerprint density at radius 2 is 1.95 bits per heavy atom. The van der Waals surface area contributed by atoms with E-state index in [1.54, 1.807) is 0 Å². The number of nitrogens with zero attached hydrogens (tertiary/aromatic N) is 2. The summed E-state index contributed by atoms with van der Waals surface area (Å²) >= 11 is 3.76. The Morgan fingerprint density at radius 3 is 2.55 bits per heavy atom. The highest BCUT2D eigenvalue weighted by atomic mass is 79.9. The molecule has 1 saturated carbocycles. The van der Waals surface area contributed by atoms with Crippen molar-refractivity contribution in [2.24, 2.45) is 5.41 Å². The summed E-state index contributed by atoms with van der Waals surface area (Å²) in [5.41, 5.74) is 2.94. The van der Waals surface area contributed by atoms with Crippen molar-refractivity contribution in [3.63, 3.8) is 0 Å². The third-order valence-corrected chi connectivity index (χ3v) is 5.69. The monoisotopic (exact) mass is 341 g/mol. The molecule has 0 atom stereocenters. The second-order valence-corrected chi connectivity index (χ2v) is 6.97. The lowest BCUT2D eigenvalue weighted by Gasteiger charge is -2.38. The number of aromatic nitrogens is 2. The molecule has 20 heavy (non-hydrogen) atoms. The fourth-order valence-corrected chi connectivity index (χ4v) is 3.93. The largest absolute Gasteiger partial charge is 0.316 e. The zero-order valence-corrected chi connectivity index (χ0v) is 14.7. The summed E-state index contributed by atoms with van der Waals surface area (Å²) in [6, 6.07) is 0. The molecule has 1 N–H and O–H groups in total. The molecule has 1 aromatic heterocycles. The topological polar surface area (TPSA) is 29.9 Å². The van der Waals surface area contributed by atoms with Gasteiger partial charge in [0, 0.05) is 13.1 Å². The van der Waals surface area contributed by atoms with Crippen molar-refractivity contribution in [2.45, 2.75) is 65.8 Å². The highest BCUT2D eigenvalue weighted by Crippen LogP contribution is 2.40. The van der Waals surface area contributed by atoms with E-state index in [0.717, 1.165) is 31.7 Å². The van der Waals surface area contributed by atoms with Gasteiger partial charge >= 0.3 is 0 Å². The van der Waals surface area contributed by atoms with Crippen molar-refractivity contribution in [3.05, 3.63) is 15.9 Å². The van der Waals surface area contributed by atoms with Gasteiger partial charge in [-0.25, -0.2) is 0 Å². The lowest BCUT2D eigenvalue weighted by Crippen LogP contribution is -2.38. The summed E-state index contributed by atoms with van der Waals surface area (Å²) in [6.45, 7) is 9.64. The third-order valence-electron chi connectivity index (χ3n) is 4.66. The standard InChI is InChI=1S/C16H28BrN3/c1-4-18-12-16(9-7-6-8-10-16)11-14-15(17)13(3)19-20(14)5-2/h18H,4-12H2,1-3H3. The van der Waals surface area contributed by atoms with E-state index >= 15 is 0 Å². The summed E-state index contributed by atoms with van der Waals surface area (Å²) in [4.78, 5) is 0. The second-order valence-electron chi connectivity index (χ2n) is 6.18. The lowest BCUT2D eigenvalue weighted by atomic mass is 9.71. The minimum absolute atomic E-state index is 0.427. The van der Waals surface area contributed by atoms with Crippen molar-refractivity contribution >= 4 is 15.9 Å². The molecule has 0 aromatic carbocycles. The first-order valence-electron chi connectivity index (χ1n) is 8.04. The maximum atomic E-state index is 4.65. The molecule has 0 unspecified atom stereocenters. The minimum atomic E-state index is 0.427. The summed E-state index contributed by atoms with van der Waals surface area (Å²) < 4.78 is 3.41. The maximum Gasteiger partial charge on any atom is 0.0738 e. The first-order chi connectivity index (χ1) is 9.62. The van der Waals surface area contributed by atoms with E-state index in [1.807, 2.05) is 0 Å². The van der Waals surface area contributed by atoms with Crippen LogP contribution in [0.15, 0.2) is 4.47 Å². The molecule has 1 aliphatic carbocycles. The summed E-state index contributed by atoms with van der Waals surface area (Å²) in [6.07, 6.45) is 8.00. The van der Waals surface area contributed by atoms with E-state index in [9.17, 15) is 0 Å². The van der Waals surface area contributed by atoms with Gasteiger partial charge in [-0.3, -0.25) is 4.68 Å². The molecule has 0 bridgehead atoms. The molecule has 0 radical (unpaired) electrons. The normalized spacial score (nSPS) is 18.4. The van der Waals surface area contributed by atoms with E-state index in [2.05, 4.69) is 51.8 Å². The maximum absolute atomic E-state index is 4.65. The summed E-state index contributed by atoms with van der Waals surface area (Å²) in [7, 11) is 0. The number of hydrogen-bond donors (Lipinski definition) is 1. The van der Waals surface area contributed by atoms with Crippen molar-refractivity contribution in [1.82, 2.24) is 15.1 Å². The molecule has 1 fully saturated rings. The molecule has 0 amide bonds. The molecular weight excluding hydrogens is 314 g/mol. The van der Waals surface area contributed by atoms with Crippen LogP contribution in [0.1, 0.15) is 57.3 Å². The van der Waals surface area contributed by atoms with Crippen molar-refractivity contribution in [3.8, 4) is 0 Å². The van der Waals surface area contributed by atoms with Crippen molar-refractivity contribution in [2.75, 3.05) is 13.1 Å². The molecule has 0 aliphatic heterocycles. The van der Waals surface area contributed by atoms with Crippen LogP contribution in [0.4, 0.5) is 0 Å². The van der Waals surface area contributed by atoms with Crippen LogP contribution in [0.5, 0.6) is 0 Å². The van der Waals surface area contributed by atoms with Crippen LogP contribution in [0.25, 0.3) is 0 Å².